The molecule has 0 bridgehead atoms. The lowest BCUT2D eigenvalue weighted by Gasteiger charge is -2.09. The number of rotatable bonds is 5. The van der Waals surface area contributed by atoms with Crippen molar-refractivity contribution in [2.75, 3.05) is 0 Å². The first kappa shape index (κ1) is 20.0. The summed E-state index contributed by atoms with van der Waals surface area (Å²) in [5, 5.41) is 16.0. The first-order valence-corrected chi connectivity index (χ1v) is 9.30. The summed E-state index contributed by atoms with van der Waals surface area (Å²) in [4.78, 5) is 0.148. The summed E-state index contributed by atoms with van der Waals surface area (Å²) in [7, 11) is 0. The quantitative estimate of drug-likeness (QED) is 0.469. The van der Waals surface area contributed by atoms with Crippen molar-refractivity contribution in [1.29, 1.82) is 5.41 Å². The van der Waals surface area contributed by atoms with Crippen molar-refractivity contribution in [3.63, 3.8) is 0 Å². The molecule has 0 saturated carbocycles. The van der Waals surface area contributed by atoms with Crippen LogP contribution in [0.5, 0.6) is 5.75 Å². The van der Waals surface area contributed by atoms with Gasteiger partial charge in [0.1, 0.15) is 11.4 Å². The number of ether oxygens (including phenoxy) is 1. The van der Waals surface area contributed by atoms with Crippen LogP contribution in [0.15, 0.2) is 42.6 Å². The molecule has 4 aromatic rings. The summed E-state index contributed by atoms with van der Waals surface area (Å²) in [5.74, 6) is -2.30. The molecular weight excluding hydrogens is 429 g/mol. The number of alkyl halides is 3. The van der Waals surface area contributed by atoms with Gasteiger partial charge in [-0.15, -0.1) is 18.3 Å². The van der Waals surface area contributed by atoms with Gasteiger partial charge in [-0.25, -0.2) is 8.78 Å². The molecule has 30 heavy (non-hydrogen) atoms. The van der Waals surface area contributed by atoms with Crippen LogP contribution in [0.1, 0.15) is 0 Å². The van der Waals surface area contributed by atoms with Gasteiger partial charge < -0.3 is 9.30 Å². The highest BCUT2D eigenvalue weighted by molar-refractivity contribution is 7.16. The molecule has 0 fully saturated rings. The molecule has 6 nitrogen and oxygen atoms in total. The lowest BCUT2D eigenvalue weighted by atomic mass is 10.1. The van der Waals surface area contributed by atoms with Gasteiger partial charge in [-0.05, 0) is 36.4 Å². The fourth-order valence-corrected chi connectivity index (χ4v) is 3.85. The predicted octanol–water partition coefficient (Wildman–Crippen LogP) is 4.32. The molecule has 0 aliphatic heterocycles. The minimum atomic E-state index is -4.79. The maximum atomic E-state index is 13.4. The molecule has 1 N–H and O–H groups in total. The van der Waals surface area contributed by atoms with Gasteiger partial charge in [-0.1, -0.05) is 16.6 Å². The number of aromatic nitrogens is 4. The molecule has 0 aliphatic rings. The van der Waals surface area contributed by atoms with Crippen LogP contribution in [0.3, 0.4) is 0 Å². The second-order valence-electron chi connectivity index (χ2n) is 6.23. The Labute approximate surface area is 169 Å². The summed E-state index contributed by atoms with van der Waals surface area (Å²) >= 11 is 1.02. The Kier molecular flexibility index (Phi) is 5.02. The van der Waals surface area contributed by atoms with Gasteiger partial charge >= 0.3 is 6.36 Å². The highest BCUT2D eigenvalue weighted by atomic mass is 32.1. The van der Waals surface area contributed by atoms with Crippen molar-refractivity contribution in [2.24, 2.45) is 0 Å². The van der Waals surface area contributed by atoms with Crippen molar-refractivity contribution in [3.8, 4) is 17.0 Å². The van der Waals surface area contributed by atoms with Crippen LogP contribution in [0.4, 0.5) is 22.0 Å². The first-order chi connectivity index (χ1) is 14.2. The average molecular weight is 441 g/mol. The predicted molar refractivity (Wildman–Crippen MR) is 97.7 cm³/mol. The highest BCUT2D eigenvalue weighted by Gasteiger charge is 2.31. The number of halogens is 5. The summed E-state index contributed by atoms with van der Waals surface area (Å²) in [6, 6.07) is 7.29. The van der Waals surface area contributed by atoms with E-state index in [4.69, 9.17) is 5.41 Å². The zero-order valence-corrected chi connectivity index (χ0v) is 15.8. The van der Waals surface area contributed by atoms with Crippen molar-refractivity contribution >= 4 is 21.6 Å². The number of hydrogen-bond acceptors (Lipinski definition) is 5. The van der Waals surface area contributed by atoms with Crippen LogP contribution in [0, 0.1) is 17.0 Å². The summed E-state index contributed by atoms with van der Waals surface area (Å²) in [6.45, 7) is 0.610. The SMILES string of the molecule is N=c1sc2cc(OC(F)(F)F)ccc2n1CCn1cc(-c2ccc(F)c(F)c2)nn1. The van der Waals surface area contributed by atoms with Crippen LogP contribution < -0.4 is 9.54 Å². The Morgan fingerprint density at radius 2 is 1.83 bits per heavy atom. The third-order valence-electron chi connectivity index (χ3n) is 4.21. The van der Waals surface area contributed by atoms with Crippen LogP contribution in [-0.4, -0.2) is 25.9 Å². The van der Waals surface area contributed by atoms with Gasteiger partial charge in [-0.3, -0.25) is 10.1 Å². The summed E-state index contributed by atoms with van der Waals surface area (Å²) in [5.41, 5.74) is 1.31. The number of aryl methyl sites for hydroxylation is 2. The van der Waals surface area contributed by atoms with E-state index in [1.54, 1.807) is 10.8 Å². The third-order valence-corrected chi connectivity index (χ3v) is 5.17. The van der Waals surface area contributed by atoms with Gasteiger partial charge in [0.2, 0.25) is 0 Å². The van der Waals surface area contributed by atoms with Crippen LogP contribution in [0.2, 0.25) is 0 Å². The van der Waals surface area contributed by atoms with E-state index >= 15 is 0 Å². The minimum absolute atomic E-state index is 0.148. The fourth-order valence-electron chi connectivity index (χ4n) is 2.88. The van der Waals surface area contributed by atoms with Crippen LogP contribution >= 0.6 is 11.3 Å². The van der Waals surface area contributed by atoms with Gasteiger partial charge in [-0.2, -0.15) is 0 Å². The van der Waals surface area contributed by atoms with Crippen LogP contribution in [-0.2, 0) is 13.1 Å². The molecule has 0 aliphatic carbocycles. The molecule has 0 unspecified atom stereocenters. The Hall–Kier alpha value is -3.28. The van der Waals surface area contributed by atoms with E-state index in [0.29, 0.717) is 34.6 Å². The average Bonchev–Trinajstić information content (AvgIpc) is 3.24. The molecule has 0 spiro atoms. The fraction of sp³-hybridized carbons (Fsp3) is 0.167. The van der Waals surface area contributed by atoms with Gasteiger partial charge in [0, 0.05) is 12.1 Å². The molecule has 156 valence electrons. The van der Waals surface area contributed by atoms with Crippen molar-refractivity contribution in [3.05, 3.63) is 59.0 Å². The highest BCUT2D eigenvalue weighted by Crippen LogP contribution is 2.28. The number of nitrogens with zero attached hydrogens (tertiary/aromatic N) is 4. The lowest BCUT2D eigenvalue weighted by Crippen LogP contribution is -2.17. The maximum absolute atomic E-state index is 13.4. The molecule has 0 saturated heterocycles. The second-order valence-corrected chi connectivity index (χ2v) is 7.26. The maximum Gasteiger partial charge on any atom is 0.573 e. The smallest absolute Gasteiger partial charge is 0.406 e. The zero-order valence-electron chi connectivity index (χ0n) is 15.0. The van der Waals surface area contributed by atoms with Crippen LogP contribution in [0.25, 0.3) is 21.5 Å². The third kappa shape index (κ3) is 4.17. The number of fused-ring (bicyclic) bond motifs is 1. The number of nitrogens with one attached hydrogen (secondary N) is 1. The normalized spacial score (nSPS) is 11.9. The van der Waals surface area contributed by atoms with E-state index in [-0.39, 0.29) is 10.6 Å². The zero-order chi connectivity index (χ0) is 21.5. The minimum Gasteiger partial charge on any atom is -0.406 e. The lowest BCUT2D eigenvalue weighted by molar-refractivity contribution is -0.274. The van der Waals surface area contributed by atoms with E-state index in [1.807, 2.05) is 0 Å². The van der Waals surface area contributed by atoms with Gasteiger partial charge in [0.25, 0.3) is 0 Å². The second kappa shape index (κ2) is 7.52. The van der Waals surface area contributed by atoms with E-state index in [9.17, 15) is 22.0 Å². The molecule has 12 heteroatoms. The molecule has 0 radical (unpaired) electrons. The Balaban J connectivity index is 1.52. The summed E-state index contributed by atoms with van der Waals surface area (Å²) in [6.07, 6.45) is -3.23. The van der Waals surface area contributed by atoms with E-state index in [0.717, 1.165) is 23.5 Å². The molecular formula is C18H12F5N5OS. The van der Waals surface area contributed by atoms with E-state index in [2.05, 4.69) is 15.0 Å². The van der Waals surface area contributed by atoms with Gasteiger partial charge in [0.05, 0.1) is 23.0 Å². The van der Waals surface area contributed by atoms with Crippen molar-refractivity contribution in [1.82, 2.24) is 19.6 Å². The van der Waals surface area contributed by atoms with E-state index < -0.39 is 18.0 Å². The standard InChI is InChI=1S/C18H12F5N5OS/c19-12-3-1-10(7-13(12)20)14-9-27(26-25-14)5-6-28-15-4-2-11(29-18(21,22)23)8-16(15)30-17(28)24/h1-4,7-9,24H,5-6H2. The number of thiazole rings is 1. The number of benzene rings is 2. The Morgan fingerprint density at radius 3 is 2.57 bits per heavy atom. The Morgan fingerprint density at radius 1 is 1.03 bits per heavy atom. The van der Waals surface area contributed by atoms with Crippen molar-refractivity contribution < 1.29 is 26.7 Å². The largest absolute Gasteiger partial charge is 0.573 e. The number of hydrogen-bond donors (Lipinski definition) is 1. The molecule has 0 atom stereocenters. The monoisotopic (exact) mass is 441 g/mol. The first-order valence-electron chi connectivity index (χ1n) is 8.49. The molecule has 2 aromatic heterocycles. The van der Waals surface area contributed by atoms with Crippen molar-refractivity contribution in [2.45, 2.75) is 19.5 Å². The van der Waals surface area contributed by atoms with Gasteiger partial charge in [0.15, 0.2) is 16.4 Å². The van der Waals surface area contributed by atoms with E-state index in [1.165, 1.54) is 28.9 Å². The molecule has 0 amide bonds. The topological polar surface area (TPSA) is 68.7 Å². The Bertz CT molecular complexity index is 1280. The molecule has 2 heterocycles. The summed E-state index contributed by atoms with van der Waals surface area (Å²) < 4.78 is 71.1. The molecule has 2 aromatic carbocycles. The molecule has 4 rings (SSSR count).